The number of nitrogens with one attached hydrogen (secondary N) is 2. The second kappa shape index (κ2) is 7.35. The highest BCUT2D eigenvalue weighted by atomic mass is 32.2. The summed E-state index contributed by atoms with van der Waals surface area (Å²) in [7, 11) is -3.78. The molecule has 3 rings (SSSR count). The first-order chi connectivity index (χ1) is 12.4. The zero-order valence-electron chi connectivity index (χ0n) is 14.5. The Bertz CT molecular complexity index is 927. The third-order valence-corrected chi connectivity index (χ3v) is 5.43. The number of benzene rings is 2. The van der Waals surface area contributed by atoms with E-state index in [1.54, 1.807) is 13.0 Å². The van der Waals surface area contributed by atoms with Crippen molar-refractivity contribution in [3.63, 3.8) is 0 Å². The van der Waals surface area contributed by atoms with Gasteiger partial charge in [0.2, 0.25) is 10.0 Å². The zero-order chi connectivity index (χ0) is 18.7. The number of hydrogen-bond donors (Lipinski definition) is 2. The molecule has 0 unspecified atom stereocenters. The van der Waals surface area contributed by atoms with Gasteiger partial charge in [-0.2, -0.15) is 0 Å². The summed E-state index contributed by atoms with van der Waals surface area (Å²) in [5, 5.41) is 2.61. The molecule has 0 spiro atoms. The van der Waals surface area contributed by atoms with E-state index >= 15 is 0 Å². The van der Waals surface area contributed by atoms with Crippen LogP contribution < -0.4 is 19.5 Å². The van der Waals surface area contributed by atoms with Crippen LogP contribution in [0, 0.1) is 0 Å². The van der Waals surface area contributed by atoms with Crippen LogP contribution in [0.1, 0.15) is 25.5 Å². The van der Waals surface area contributed by atoms with Gasteiger partial charge in [-0.1, -0.05) is 12.1 Å². The van der Waals surface area contributed by atoms with Crippen LogP contribution in [0.5, 0.6) is 11.5 Å². The summed E-state index contributed by atoms with van der Waals surface area (Å²) in [6.45, 7) is 4.10. The number of anilines is 1. The van der Waals surface area contributed by atoms with E-state index in [1.165, 1.54) is 18.2 Å². The smallest absolute Gasteiger partial charge is 0.262 e. The lowest BCUT2D eigenvalue weighted by atomic mass is 10.1. The van der Waals surface area contributed by atoms with E-state index in [0.717, 1.165) is 5.56 Å². The second-order valence-corrected chi connectivity index (χ2v) is 7.56. The van der Waals surface area contributed by atoms with Gasteiger partial charge in [-0.25, -0.2) is 13.1 Å². The molecule has 1 amide bonds. The minimum atomic E-state index is -3.78. The monoisotopic (exact) mass is 376 g/mol. The van der Waals surface area contributed by atoms with Gasteiger partial charge in [-0.05, 0) is 49.7 Å². The number of amides is 1. The fourth-order valence-corrected chi connectivity index (χ4v) is 3.90. The topological polar surface area (TPSA) is 93.7 Å². The Labute approximate surface area is 152 Å². The lowest BCUT2D eigenvalue weighted by Gasteiger charge is -2.20. The molecule has 1 heterocycles. The molecule has 0 aliphatic carbocycles. The summed E-state index contributed by atoms with van der Waals surface area (Å²) < 4.78 is 38.7. The number of rotatable bonds is 6. The average molecular weight is 376 g/mol. The molecular weight excluding hydrogens is 356 g/mol. The number of carbonyl (C=O) groups is 1. The van der Waals surface area contributed by atoms with Crippen molar-refractivity contribution in [2.45, 2.75) is 24.8 Å². The van der Waals surface area contributed by atoms with Crippen molar-refractivity contribution in [3.05, 3.63) is 48.0 Å². The minimum Gasteiger partial charge on any atom is -0.494 e. The van der Waals surface area contributed by atoms with E-state index in [9.17, 15) is 13.2 Å². The Morgan fingerprint density at radius 2 is 2.08 bits per heavy atom. The lowest BCUT2D eigenvalue weighted by molar-refractivity contribution is -0.118. The van der Waals surface area contributed by atoms with Gasteiger partial charge in [0, 0.05) is 6.04 Å². The summed E-state index contributed by atoms with van der Waals surface area (Å²) in [6.07, 6.45) is 0. The molecule has 0 saturated carbocycles. The Morgan fingerprint density at radius 3 is 2.85 bits per heavy atom. The van der Waals surface area contributed by atoms with Gasteiger partial charge in [0.25, 0.3) is 5.91 Å². The van der Waals surface area contributed by atoms with Gasteiger partial charge in [0.1, 0.15) is 11.5 Å². The molecule has 1 aliphatic rings. The summed E-state index contributed by atoms with van der Waals surface area (Å²) in [5.41, 5.74) is 1.13. The Morgan fingerprint density at radius 1 is 1.27 bits per heavy atom. The highest BCUT2D eigenvalue weighted by Gasteiger charge is 2.23. The number of sulfonamides is 1. The standard InChI is InChI=1S/C18H20N2O5S/c1-3-24-14-6-4-5-13(9-14)12(2)20-26(22,23)15-7-8-17-16(10-15)19-18(21)11-25-17/h4-10,12,20H,3,11H2,1-2H3,(H,19,21)/t12-/m0/s1. The fraction of sp³-hybridized carbons (Fsp3) is 0.278. The molecule has 0 bridgehead atoms. The van der Waals surface area contributed by atoms with Crippen molar-refractivity contribution >= 4 is 21.6 Å². The lowest BCUT2D eigenvalue weighted by Crippen LogP contribution is -2.28. The van der Waals surface area contributed by atoms with E-state index in [2.05, 4.69) is 10.0 Å². The number of fused-ring (bicyclic) bond motifs is 1. The molecule has 0 saturated heterocycles. The van der Waals surface area contributed by atoms with Crippen LogP contribution in [0.15, 0.2) is 47.4 Å². The van der Waals surface area contributed by atoms with E-state index in [1.807, 2.05) is 25.1 Å². The molecule has 2 aromatic rings. The van der Waals surface area contributed by atoms with Gasteiger partial charge < -0.3 is 14.8 Å². The number of hydrogen-bond acceptors (Lipinski definition) is 5. The molecule has 2 aromatic carbocycles. The van der Waals surface area contributed by atoms with Gasteiger partial charge >= 0.3 is 0 Å². The summed E-state index contributed by atoms with van der Waals surface area (Å²) in [4.78, 5) is 11.5. The van der Waals surface area contributed by atoms with Gasteiger partial charge in [0.05, 0.1) is 17.2 Å². The molecule has 7 nitrogen and oxygen atoms in total. The van der Waals surface area contributed by atoms with Crippen molar-refractivity contribution < 1.29 is 22.7 Å². The van der Waals surface area contributed by atoms with Crippen LogP contribution in [0.25, 0.3) is 0 Å². The van der Waals surface area contributed by atoms with Crippen molar-refractivity contribution in [3.8, 4) is 11.5 Å². The maximum Gasteiger partial charge on any atom is 0.262 e. The SMILES string of the molecule is CCOc1cccc([C@H](C)NS(=O)(=O)c2ccc3c(c2)NC(=O)CO3)c1. The van der Waals surface area contributed by atoms with Gasteiger partial charge in [-0.15, -0.1) is 0 Å². The summed E-state index contributed by atoms with van der Waals surface area (Å²) in [6, 6.07) is 11.2. The van der Waals surface area contributed by atoms with Crippen molar-refractivity contribution in [2.24, 2.45) is 0 Å². The molecule has 138 valence electrons. The van der Waals surface area contributed by atoms with Gasteiger partial charge in [-0.3, -0.25) is 4.79 Å². The fourth-order valence-electron chi connectivity index (χ4n) is 2.64. The molecule has 0 radical (unpaired) electrons. The molecule has 1 aliphatic heterocycles. The third kappa shape index (κ3) is 3.97. The summed E-state index contributed by atoms with van der Waals surface area (Å²) in [5.74, 6) is 0.812. The first-order valence-corrected chi connectivity index (χ1v) is 9.69. The second-order valence-electron chi connectivity index (χ2n) is 5.84. The van der Waals surface area contributed by atoms with Crippen molar-refractivity contribution in [1.82, 2.24) is 4.72 Å². The van der Waals surface area contributed by atoms with Crippen molar-refractivity contribution in [1.29, 1.82) is 0 Å². The quantitative estimate of drug-likeness (QED) is 0.808. The average Bonchev–Trinajstić information content (AvgIpc) is 2.61. The van der Waals surface area contributed by atoms with E-state index in [4.69, 9.17) is 9.47 Å². The molecule has 8 heteroatoms. The zero-order valence-corrected chi connectivity index (χ0v) is 15.3. The molecule has 0 aromatic heterocycles. The minimum absolute atomic E-state index is 0.0508. The van der Waals surface area contributed by atoms with E-state index in [-0.39, 0.29) is 17.4 Å². The largest absolute Gasteiger partial charge is 0.494 e. The highest BCUT2D eigenvalue weighted by Crippen LogP contribution is 2.30. The Hall–Kier alpha value is -2.58. The first-order valence-electron chi connectivity index (χ1n) is 8.21. The number of ether oxygens (including phenoxy) is 2. The molecule has 1 atom stereocenters. The Balaban J connectivity index is 1.81. The predicted octanol–water partition coefficient (Wildman–Crippen LogP) is 2.46. The van der Waals surface area contributed by atoms with E-state index in [0.29, 0.717) is 23.8 Å². The van der Waals surface area contributed by atoms with Gasteiger partial charge in [0.15, 0.2) is 6.61 Å². The van der Waals surface area contributed by atoms with E-state index < -0.39 is 16.1 Å². The van der Waals surface area contributed by atoms with Crippen LogP contribution in [-0.2, 0) is 14.8 Å². The predicted molar refractivity (Wildman–Crippen MR) is 96.9 cm³/mol. The normalized spacial score (nSPS) is 14.8. The first kappa shape index (κ1) is 18.2. The highest BCUT2D eigenvalue weighted by molar-refractivity contribution is 7.89. The van der Waals surface area contributed by atoms with Crippen LogP contribution in [0.4, 0.5) is 5.69 Å². The number of carbonyl (C=O) groups excluding carboxylic acids is 1. The molecule has 0 fully saturated rings. The van der Waals surface area contributed by atoms with Crippen LogP contribution in [0.2, 0.25) is 0 Å². The maximum absolute atomic E-state index is 12.7. The Kier molecular flexibility index (Phi) is 5.15. The molecule has 2 N–H and O–H groups in total. The molecular formula is C18H20N2O5S. The van der Waals surface area contributed by atoms with Crippen LogP contribution in [-0.4, -0.2) is 27.5 Å². The van der Waals surface area contributed by atoms with Crippen LogP contribution >= 0.6 is 0 Å². The third-order valence-electron chi connectivity index (χ3n) is 3.90. The van der Waals surface area contributed by atoms with Crippen LogP contribution in [0.3, 0.4) is 0 Å². The van der Waals surface area contributed by atoms with Crippen molar-refractivity contribution in [2.75, 3.05) is 18.5 Å². The molecule has 26 heavy (non-hydrogen) atoms. The maximum atomic E-state index is 12.7. The summed E-state index contributed by atoms with van der Waals surface area (Å²) >= 11 is 0.